The standard InChI is InChI=1S/C24H16N6O2/c1-2-16-9-18-12-26-24(28-19-6-3-5-17(10-19)23-13-25-15-32-23)29-21(18)11-22(16)31-14-20-7-4-8-27-30-20/h1,3-13,15H,14H2,(H,26,28,29). The molecule has 0 saturated carbocycles. The van der Waals surface area contributed by atoms with Crippen LogP contribution in [0.15, 0.2) is 77.9 Å². The molecule has 0 unspecified atom stereocenters. The molecule has 0 amide bonds. The van der Waals surface area contributed by atoms with Gasteiger partial charge in [0.05, 0.1) is 17.3 Å². The van der Waals surface area contributed by atoms with Gasteiger partial charge in [0, 0.05) is 35.1 Å². The van der Waals surface area contributed by atoms with E-state index in [2.05, 4.69) is 36.4 Å². The minimum absolute atomic E-state index is 0.249. The fraction of sp³-hybridized carbons (Fsp3) is 0.0417. The predicted molar refractivity (Wildman–Crippen MR) is 119 cm³/mol. The first-order chi connectivity index (χ1) is 15.8. The number of fused-ring (bicyclic) bond motifs is 1. The second-order valence-corrected chi connectivity index (χ2v) is 6.82. The summed E-state index contributed by atoms with van der Waals surface area (Å²) in [6.45, 7) is 0.249. The van der Waals surface area contributed by atoms with Gasteiger partial charge in [-0.1, -0.05) is 18.1 Å². The van der Waals surface area contributed by atoms with E-state index >= 15 is 0 Å². The lowest BCUT2D eigenvalue weighted by molar-refractivity contribution is 0.299. The fourth-order valence-electron chi connectivity index (χ4n) is 3.15. The Kier molecular flexibility index (Phi) is 5.12. The van der Waals surface area contributed by atoms with Gasteiger partial charge in [-0.25, -0.2) is 15.0 Å². The largest absolute Gasteiger partial charge is 0.486 e. The molecule has 8 heteroatoms. The zero-order chi connectivity index (χ0) is 21.8. The van der Waals surface area contributed by atoms with E-state index in [-0.39, 0.29) is 6.61 Å². The quantitative estimate of drug-likeness (QED) is 0.404. The van der Waals surface area contributed by atoms with Crippen LogP contribution in [-0.2, 0) is 6.61 Å². The van der Waals surface area contributed by atoms with Gasteiger partial charge < -0.3 is 14.5 Å². The smallest absolute Gasteiger partial charge is 0.227 e. The Morgan fingerprint density at radius 2 is 2.06 bits per heavy atom. The number of hydrogen-bond donors (Lipinski definition) is 1. The lowest BCUT2D eigenvalue weighted by atomic mass is 10.1. The van der Waals surface area contributed by atoms with Crippen molar-refractivity contribution in [3.8, 4) is 29.4 Å². The summed E-state index contributed by atoms with van der Waals surface area (Å²) in [5.74, 6) is 4.32. The second-order valence-electron chi connectivity index (χ2n) is 6.82. The first kappa shape index (κ1) is 19.2. The molecule has 0 radical (unpaired) electrons. The van der Waals surface area contributed by atoms with Gasteiger partial charge in [-0.15, -0.1) is 6.42 Å². The highest BCUT2D eigenvalue weighted by molar-refractivity contribution is 5.83. The fourth-order valence-corrected chi connectivity index (χ4v) is 3.15. The highest BCUT2D eigenvalue weighted by Gasteiger charge is 2.09. The molecule has 5 rings (SSSR count). The molecule has 0 bridgehead atoms. The molecule has 0 saturated heterocycles. The van der Waals surface area contributed by atoms with Crippen molar-refractivity contribution in [2.24, 2.45) is 0 Å². The number of hydrogen-bond acceptors (Lipinski definition) is 8. The summed E-state index contributed by atoms with van der Waals surface area (Å²) in [7, 11) is 0. The minimum Gasteiger partial charge on any atom is -0.486 e. The molecule has 2 aromatic carbocycles. The number of nitrogens with zero attached hydrogens (tertiary/aromatic N) is 5. The van der Waals surface area contributed by atoms with Crippen LogP contribution in [0.4, 0.5) is 11.6 Å². The van der Waals surface area contributed by atoms with E-state index in [1.165, 1.54) is 6.39 Å². The van der Waals surface area contributed by atoms with Crippen LogP contribution in [0.2, 0.25) is 0 Å². The minimum atomic E-state index is 0.249. The Morgan fingerprint density at radius 3 is 2.88 bits per heavy atom. The summed E-state index contributed by atoms with van der Waals surface area (Å²) < 4.78 is 11.3. The van der Waals surface area contributed by atoms with Crippen LogP contribution in [0.1, 0.15) is 11.3 Å². The molecule has 5 aromatic rings. The predicted octanol–water partition coefficient (Wildman–Crippen LogP) is 4.38. The van der Waals surface area contributed by atoms with Gasteiger partial charge in [-0.05, 0) is 30.3 Å². The number of nitrogens with one attached hydrogen (secondary N) is 1. The van der Waals surface area contributed by atoms with E-state index in [1.54, 1.807) is 30.7 Å². The zero-order valence-corrected chi connectivity index (χ0v) is 16.8. The Balaban J connectivity index is 1.42. The molecular weight excluding hydrogens is 404 g/mol. The van der Waals surface area contributed by atoms with E-state index in [4.69, 9.17) is 15.6 Å². The second kappa shape index (κ2) is 8.53. The average Bonchev–Trinajstić information content (AvgIpc) is 3.38. The van der Waals surface area contributed by atoms with E-state index in [0.29, 0.717) is 34.2 Å². The number of benzene rings is 2. The van der Waals surface area contributed by atoms with Crippen LogP contribution in [-0.4, -0.2) is 25.1 Å². The van der Waals surface area contributed by atoms with Gasteiger partial charge in [-0.2, -0.15) is 10.2 Å². The lowest BCUT2D eigenvalue weighted by Crippen LogP contribution is -2.01. The van der Waals surface area contributed by atoms with Crippen LogP contribution in [0.3, 0.4) is 0 Å². The Hall–Kier alpha value is -4.77. The van der Waals surface area contributed by atoms with Crippen molar-refractivity contribution in [1.82, 2.24) is 25.1 Å². The van der Waals surface area contributed by atoms with Gasteiger partial charge >= 0.3 is 0 Å². The Morgan fingerprint density at radius 1 is 1.09 bits per heavy atom. The van der Waals surface area contributed by atoms with E-state index in [0.717, 1.165) is 16.6 Å². The number of terminal acetylenes is 1. The van der Waals surface area contributed by atoms with E-state index in [1.807, 2.05) is 36.4 Å². The van der Waals surface area contributed by atoms with Crippen molar-refractivity contribution in [2.45, 2.75) is 6.61 Å². The topological polar surface area (TPSA) is 98.9 Å². The van der Waals surface area contributed by atoms with Crippen molar-refractivity contribution in [3.05, 3.63) is 84.8 Å². The zero-order valence-electron chi connectivity index (χ0n) is 16.8. The summed E-state index contributed by atoms with van der Waals surface area (Å²) >= 11 is 0. The van der Waals surface area contributed by atoms with Crippen molar-refractivity contribution < 1.29 is 9.15 Å². The SMILES string of the molecule is C#Cc1cc2cnc(Nc3cccc(-c4cnco4)c3)nc2cc1OCc1cccnn1. The van der Waals surface area contributed by atoms with Gasteiger partial charge in [-0.3, -0.25) is 0 Å². The number of aromatic nitrogens is 5. The molecule has 8 nitrogen and oxygen atoms in total. The highest BCUT2D eigenvalue weighted by Crippen LogP contribution is 2.27. The molecule has 32 heavy (non-hydrogen) atoms. The molecule has 154 valence electrons. The van der Waals surface area contributed by atoms with E-state index in [9.17, 15) is 0 Å². The number of ether oxygens (including phenoxy) is 1. The molecule has 1 N–H and O–H groups in total. The average molecular weight is 420 g/mol. The molecule has 0 aliphatic carbocycles. The van der Waals surface area contributed by atoms with Crippen molar-refractivity contribution in [2.75, 3.05) is 5.32 Å². The van der Waals surface area contributed by atoms with Crippen molar-refractivity contribution >= 4 is 22.5 Å². The number of oxazole rings is 1. The lowest BCUT2D eigenvalue weighted by Gasteiger charge is -2.10. The van der Waals surface area contributed by atoms with Gasteiger partial charge in [0.1, 0.15) is 18.1 Å². The molecule has 0 fully saturated rings. The molecule has 0 spiro atoms. The maximum absolute atomic E-state index is 5.90. The first-order valence-corrected chi connectivity index (χ1v) is 9.71. The van der Waals surface area contributed by atoms with Crippen LogP contribution < -0.4 is 10.1 Å². The van der Waals surface area contributed by atoms with Crippen LogP contribution in [0.25, 0.3) is 22.2 Å². The molecule has 3 heterocycles. The number of rotatable bonds is 6. The molecular formula is C24H16N6O2. The van der Waals surface area contributed by atoms with Gasteiger partial charge in [0.2, 0.25) is 5.95 Å². The third-order valence-corrected chi connectivity index (χ3v) is 4.68. The normalized spacial score (nSPS) is 10.6. The van der Waals surface area contributed by atoms with Gasteiger partial charge in [0.15, 0.2) is 12.2 Å². The van der Waals surface area contributed by atoms with E-state index < -0.39 is 0 Å². The van der Waals surface area contributed by atoms with Crippen LogP contribution in [0, 0.1) is 12.3 Å². The highest BCUT2D eigenvalue weighted by atomic mass is 16.5. The monoisotopic (exact) mass is 420 g/mol. The maximum Gasteiger partial charge on any atom is 0.227 e. The molecule has 0 atom stereocenters. The van der Waals surface area contributed by atoms with Crippen molar-refractivity contribution in [3.63, 3.8) is 0 Å². The summed E-state index contributed by atoms with van der Waals surface area (Å²) in [5.41, 5.74) is 3.73. The summed E-state index contributed by atoms with van der Waals surface area (Å²) in [6, 6.07) is 15.0. The van der Waals surface area contributed by atoms with Crippen molar-refractivity contribution in [1.29, 1.82) is 0 Å². The third kappa shape index (κ3) is 4.08. The maximum atomic E-state index is 5.90. The molecule has 3 aromatic heterocycles. The summed E-state index contributed by atoms with van der Waals surface area (Å²) in [5, 5.41) is 11.9. The van der Waals surface area contributed by atoms with Crippen LogP contribution in [0.5, 0.6) is 5.75 Å². The molecule has 0 aliphatic heterocycles. The van der Waals surface area contributed by atoms with Gasteiger partial charge in [0.25, 0.3) is 0 Å². The Bertz CT molecular complexity index is 1410. The Labute approximate surface area is 183 Å². The molecule has 0 aliphatic rings. The number of anilines is 2. The third-order valence-electron chi connectivity index (χ3n) is 4.68. The summed E-state index contributed by atoms with van der Waals surface area (Å²) in [6.07, 6.45) is 12.1. The van der Waals surface area contributed by atoms with Crippen LogP contribution >= 0.6 is 0 Å². The first-order valence-electron chi connectivity index (χ1n) is 9.71. The summed E-state index contributed by atoms with van der Waals surface area (Å²) in [4.78, 5) is 13.0.